The first-order chi connectivity index (χ1) is 19.1. The fraction of sp³-hybridized carbons (Fsp3) is 0.415. The Kier molecular flexibility index (Phi) is 6.97. The van der Waals surface area contributed by atoms with Crippen molar-refractivity contribution in [3.05, 3.63) is 130 Å². The summed E-state index contributed by atoms with van der Waals surface area (Å²) in [5.74, 6) is 0.822. The van der Waals surface area contributed by atoms with Gasteiger partial charge in [0.1, 0.15) is 0 Å². The van der Waals surface area contributed by atoms with Gasteiger partial charge in [-0.15, -0.1) is 0 Å². The van der Waals surface area contributed by atoms with Crippen LogP contribution in [0.1, 0.15) is 102 Å². The van der Waals surface area contributed by atoms with Gasteiger partial charge in [-0.3, -0.25) is 0 Å². The zero-order valence-corrected chi connectivity index (χ0v) is 27.1. The molecule has 0 fully saturated rings. The number of hydrogen-bond donors (Lipinski definition) is 0. The predicted molar refractivity (Wildman–Crippen MR) is 180 cm³/mol. The van der Waals surface area contributed by atoms with Crippen molar-refractivity contribution in [2.75, 3.05) is 0 Å². The van der Waals surface area contributed by atoms with Gasteiger partial charge in [0.2, 0.25) is 0 Å². The molecule has 5 atom stereocenters. The Hall–Kier alpha value is -3.12. The lowest BCUT2D eigenvalue weighted by Crippen LogP contribution is -2.58. The Morgan fingerprint density at radius 3 is 2.17 bits per heavy atom. The van der Waals surface area contributed by atoms with Crippen LogP contribution in [0.4, 0.5) is 0 Å². The molecule has 3 aliphatic rings. The molecule has 214 valence electrons. The predicted octanol–water partition coefficient (Wildman–Crippen LogP) is 11.6. The molecule has 0 saturated carbocycles. The summed E-state index contributed by atoms with van der Waals surface area (Å²) < 4.78 is 0. The van der Waals surface area contributed by atoms with Crippen molar-refractivity contribution in [1.82, 2.24) is 0 Å². The van der Waals surface area contributed by atoms with E-state index >= 15 is 0 Å². The smallest absolute Gasteiger partial charge is 0.0196 e. The van der Waals surface area contributed by atoms with Gasteiger partial charge >= 0.3 is 0 Å². The van der Waals surface area contributed by atoms with E-state index in [-0.39, 0.29) is 16.2 Å². The Labute approximate surface area is 250 Å². The average Bonchev–Trinajstić information content (AvgIpc) is 2.92. The molecule has 0 bridgehead atoms. The highest BCUT2D eigenvalue weighted by molar-refractivity contribution is 5.88. The van der Waals surface area contributed by atoms with Gasteiger partial charge < -0.3 is 0 Å². The molecule has 0 heteroatoms. The van der Waals surface area contributed by atoms with E-state index in [1.807, 2.05) is 0 Å². The van der Waals surface area contributed by atoms with Gasteiger partial charge in [0.15, 0.2) is 0 Å². The van der Waals surface area contributed by atoms with Crippen LogP contribution < -0.4 is 0 Å². The summed E-state index contributed by atoms with van der Waals surface area (Å²) >= 11 is 0. The lowest BCUT2D eigenvalue weighted by Gasteiger charge is -2.67. The third-order valence-corrected chi connectivity index (χ3v) is 12.5. The SMILES string of the molecule is C=C(C)C1=C(C)C[C@@]2(C)[C@H](C)[C@]3(C)C(=C(C)[C@@]2(C)C1=C)C(=C)c1c(ccc(CCC(=C)c2ccccc2)c1C)[C@H]3C. The molecule has 2 aromatic rings. The quantitative estimate of drug-likeness (QED) is 0.352. The number of aryl methyl sites for hydroxylation is 1. The van der Waals surface area contributed by atoms with Gasteiger partial charge in [-0.2, -0.15) is 0 Å². The van der Waals surface area contributed by atoms with Gasteiger partial charge in [-0.05, 0) is 120 Å². The van der Waals surface area contributed by atoms with Gasteiger partial charge in [0, 0.05) is 10.8 Å². The molecule has 0 aromatic heterocycles. The first kappa shape index (κ1) is 29.4. The summed E-state index contributed by atoms with van der Waals surface area (Å²) in [6.45, 7) is 40.2. The molecule has 5 rings (SSSR count). The molecule has 0 saturated heterocycles. The van der Waals surface area contributed by atoms with Crippen molar-refractivity contribution >= 4 is 11.1 Å². The highest BCUT2D eigenvalue weighted by Crippen LogP contribution is 2.74. The maximum Gasteiger partial charge on any atom is 0.0196 e. The van der Waals surface area contributed by atoms with Crippen LogP contribution in [-0.2, 0) is 6.42 Å². The largest absolute Gasteiger partial charge is 0.0955 e. The average molecular weight is 543 g/mol. The minimum Gasteiger partial charge on any atom is -0.0955 e. The van der Waals surface area contributed by atoms with Crippen LogP contribution in [0.15, 0.2) is 102 Å². The van der Waals surface area contributed by atoms with E-state index in [0.29, 0.717) is 11.8 Å². The molecule has 0 spiro atoms. The zero-order chi connectivity index (χ0) is 30.2. The number of fused-ring (bicyclic) bond motifs is 3. The molecule has 0 heterocycles. The van der Waals surface area contributed by atoms with E-state index in [4.69, 9.17) is 13.2 Å². The Morgan fingerprint density at radius 1 is 0.927 bits per heavy atom. The van der Waals surface area contributed by atoms with Crippen LogP contribution >= 0.6 is 0 Å². The van der Waals surface area contributed by atoms with Crippen LogP contribution in [0.5, 0.6) is 0 Å². The maximum absolute atomic E-state index is 4.90. The number of benzene rings is 2. The van der Waals surface area contributed by atoms with Crippen LogP contribution in [0.25, 0.3) is 11.1 Å². The highest BCUT2D eigenvalue weighted by atomic mass is 14.7. The fourth-order valence-corrected chi connectivity index (χ4v) is 9.57. The summed E-state index contributed by atoms with van der Waals surface area (Å²) in [6, 6.07) is 15.4. The van der Waals surface area contributed by atoms with Gasteiger partial charge in [0.25, 0.3) is 0 Å². The third-order valence-electron chi connectivity index (χ3n) is 12.5. The Balaban J connectivity index is 1.64. The van der Waals surface area contributed by atoms with E-state index in [1.165, 1.54) is 66.8 Å². The van der Waals surface area contributed by atoms with Crippen LogP contribution in [0.2, 0.25) is 0 Å². The molecule has 2 aromatic carbocycles. The van der Waals surface area contributed by atoms with Gasteiger partial charge in [-0.25, -0.2) is 0 Å². The van der Waals surface area contributed by atoms with Crippen molar-refractivity contribution < 1.29 is 0 Å². The number of rotatable bonds is 5. The molecule has 41 heavy (non-hydrogen) atoms. The summed E-state index contributed by atoms with van der Waals surface area (Å²) in [5.41, 5.74) is 17.2. The van der Waals surface area contributed by atoms with Crippen LogP contribution in [0, 0.1) is 29.1 Å². The van der Waals surface area contributed by atoms with Crippen molar-refractivity contribution in [3.8, 4) is 0 Å². The molecule has 0 amide bonds. The molecular weight excluding hydrogens is 492 g/mol. The maximum atomic E-state index is 4.90. The van der Waals surface area contributed by atoms with Crippen molar-refractivity contribution in [2.24, 2.45) is 22.2 Å². The summed E-state index contributed by atoms with van der Waals surface area (Å²) in [5, 5.41) is 0. The molecule has 0 nitrogen and oxygen atoms in total. The van der Waals surface area contributed by atoms with Crippen LogP contribution in [0.3, 0.4) is 0 Å². The van der Waals surface area contributed by atoms with E-state index in [0.717, 1.165) is 24.8 Å². The minimum absolute atomic E-state index is 0.0146. The molecule has 3 aliphatic carbocycles. The molecule has 0 N–H and O–H groups in total. The van der Waals surface area contributed by atoms with Crippen LogP contribution in [-0.4, -0.2) is 0 Å². The standard InChI is InChI=1S/C41H50/c1-24(2)36-26(4)23-39(11)32(10)40(12)29(7)35-22-21-34(20-19-25(3)33-17-15-14-16-18-33)27(5)37(35)28(6)38(40)31(9)41(39,13)30(36)8/h14-18,21-22,29,32H,1,3,6,8,19-20,23H2,2,4-5,7,9-13H3/t29-,32+,39+,40-,41-/m1/s1. The molecule has 0 aliphatic heterocycles. The van der Waals surface area contributed by atoms with Crippen molar-refractivity contribution in [1.29, 1.82) is 0 Å². The Bertz CT molecular complexity index is 1570. The summed E-state index contributed by atoms with van der Waals surface area (Å²) in [4.78, 5) is 0. The van der Waals surface area contributed by atoms with Crippen molar-refractivity contribution in [3.63, 3.8) is 0 Å². The van der Waals surface area contributed by atoms with E-state index < -0.39 is 0 Å². The second-order valence-electron chi connectivity index (χ2n) is 14.1. The van der Waals surface area contributed by atoms with E-state index in [2.05, 4.69) is 118 Å². The summed E-state index contributed by atoms with van der Waals surface area (Å²) in [6.07, 6.45) is 3.01. The lowest BCUT2D eigenvalue weighted by atomic mass is 9.37. The monoisotopic (exact) mass is 542 g/mol. The molecular formula is C41H50. The third kappa shape index (κ3) is 3.78. The zero-order valence-electron chi connectivity index (χ0n) is 27.1. The van der Waals surface area contributed by atoms with Gasteiger partial charge in [-0.1, -0.05) is 120 Å². The lowest BCUT2D eigenvalue weighted by molar-refractivity contribution is -0.0260. The fourth-order valence-electron chi connectivity index (χ4n) is 9.57. The second kappa shape index (κ2) is 9.72. The minimum atomic E-state index is -0.159. The normalized spacial score (nSPS) is 31.0. The number of allylic oxidation sites excluding steroid dienone is 8. The highest BCUT2D eigenvalue weighted by Gasteiger charge is 2.64. The van der Waals surface area contributed by atoms with E-state index in [9.17, 15) is 0 Å². The molecule has 0 unspecified atom stereocenters. The number of hydrogen-bond acceptors (Lipinski definition) is 0. The van der Waals surface area contributed by atoms with Crippen molar-refractivity contribution in [2.45, 2.75) is 87.5 Å². The first-order valence-corrected chi connectivity index (χ1v) is 15.5. The topological polar surface area (TPSA) is 0 Å². The molecule has 0 radical (unpaired) electrons. The first-order valence-electron chi connectivity index (χ1n) is 15.5. The van der Waals surface area contributed by atoms with Gasteiger partial charge in [0.05, 0.1) is 0 Å². The van der Waals surface area contributed by atoms with E-state index in [1.54, 1.807) is 0 Å². The summed E-state index contributed by atoms with van der Waals surface area (Å²) in [7, 11) is 0. The Morgan fingerprint density at radius 2 is 1.56 bits per heavy atom. The second-order valence-corrected chi connectivity index (χ2v) is 14.1.